The van der Waals surface area contributed by atoms with Crippen molar-refractivity contribution in [3.05, 3.63) is 65.6 Å². The Balaban J connectivity index is 1.93. The molecule has 1 aliphatic rings. The third-order valence-electron chi connectivity index (χ3n) is 4.76. The molecule has 1 saturated carbocycles. The molecule has 2 atom stereocenters. The lowest BCUT2D eigenvalue weighted by Crippen LogP contribution is -2.11. The average Bonchev–Trinajstić information content (AvgIpc) is 3.27. The van der Waals surface area contributed by atoms with Gasteiger partial charge in [-0.25, -0.2) is 16.8 Å². The van der Waals surface area contributed by atoms with Crippen molar-refractivity contribution in [1.82, 2.24) is 3.97 Å². The smallest absolute Gasteiger partial charge is 0.268 e. The van der Waals surface area contributed by atoms with E-state index in [1.807, 2.05) is 6.92 Å². The van der Waals surface area contributed by atoms with Crippen molar-refractivity contribution in [1.29, 1.82) is 0 Å². The van der Waals surface area contributed by atoms with Crippen LogP contribution in [0.2, 0.25) is 0 Å². The molecule has 1 heterocycles. The Morgan fingerprint density at radius 3 is 2.52 bits per heavy atom. The monoisotopic (exact) mass is 357 g/mol. The van der Waals surface area contributed by atoms with Gasteiger partial charge in [-0.15, -0.1) is 0 Å². The van der Waals surface area contributed by atoms with Crippen molar-refractivity contribution in [2.45, 2.75) is 24.2 Å². The highest BCUT2D eigenvalue weighted by Gasteiger charge is 2.40. The molecule has 4 nitrogen and oxygen atoms in total. The van der Waals surface area contributed by atoms with Crippen molar-refractivity contribution in [3.63, 3.8) is 0 Å². The molecular weight excluding hydrogens is 341 g/mol. The quantitative estimate of drug-likeness (QED) is 0.670. The standard InChI is InChI=1S/C19H16FNO3S/c1-12-2-5-15(6-3-12)25(23,24)21-10-18(16-8-13(16)11-22)17-9-14(20)4-7-19(17)21/h2-7,9-11,13,16H,8H2,1H3. The van der Waals surface area contributed by atoms with Crippen LogP contribution in [0, 0.1) is 18.7 Å². The van der Waals surface area contributed by atoms with Crippen LogP contribution in [0.25, 0.3) is 10.9 Å². The van der Waals surface area contributed by atoms with Crippen LogP contribution in [0.5, 0.6) is 0 Å². The van der Waals surface area contributed by atoms with E-state index in [-0.39, 0.29) is 16.7 Å². The fourth-order valence-corrected chi connectivity index (χ4v) is 4.62. The molecule has 128 valence electrons. The molecule has 25 heavy (non-hydrogen) atoms. The Morgan fingerprint density at radius 1 is 1.16 bits per heavy atom. The SMILES string of the molecule is Cc1ccc(S(=O)(=O)n2cc(C3CC3C=O)c3cc(F)ccc32)cc1. The summed E-state index contributed by atoms with van der Waals surface area (Å²) < 4.78 is 41.0. The molecule has 3 aromatic rings. The summed E-state index contributed by atoms with van der Waals surface area (Å²) in [6.45, 7) is 1.88. The van der Waals surface area contributed by atoms with Gasteiger partial charge in [-0.3, -0.25) is 0 Å². The van der Waals surface area contributed by atoms with E-state index in [4.69, 9.17) is 0 Å². The summed E-state index contributed by atoms with van der Waals surface area (Å²) in [6, 6.07) is 10.7. The molecule has 0 spiro atoms. The van der Waals surface area contributed by atoms with E-state index >= 15 is 0 Å². The van der Waals surface area contributed by atoms with Crippen LogP contribution in [0.4, 0.5) is 4.39 Å². The minimum atomic E-state index is -3.80. The summed E-state index contributed by atoms with van der Waals surface area (Å²) in [5, 5.41) is 0.546. The van der Waals surface area contributed by atoms with Crippen LogP contribution in [0.1, 0.15) is 23.5 Å². The minimum Gasteiger partial charge on any atom is -0.303 e. The van der Waals surface area contributed by atoms with Crippen molar-refractivity contribution in [2.24, 2.45) is 5.92 Å². The number of hydrogen-bond acceptors (Lipinski definition) is 3. The Bertz CT molecular complexity index is 1080. The Labute approximate surface area is 144 Å². The van der Waals surface area contributed by atoms with Crippen LogP contribution in [0.3, 0.4) is 0 Å². The molecule has 1 fully saturated rings. The highest BCUT2D eigenvalue weighted by Crippen LogP contribution is 2.49. The molecule has 2 aromatic carbocycles. The summed E-state index contributed by atoms with van der Waals surface area (Å²) >= 11 is 0. The van der Waals surface area contributed by atoms with Gasteiger partial charge in [0.15, 0.2) is 0 Å². The molecule has 0 bridgehead atoms. The fraction of sp³-hybridized carbons (Fsp3) is 0.211. The number of aldehydes is 1. The molecule has 1 aromatic heterocycles. The fourth-order valence-electron chi connectivity index (χ4n) is 3.24. The van der Waals surface area contributed by atoms with Crippen LogP contribution in [-0.2, 0) is 14.8 Å². The number of halogens is 1. The zero-order chi connectivity index (χ0) is 17.8. The number of rotatable bonds is 4. The predicted molar refractivity (Wildman–Crippen MR) is 92.6 cm³/mol. The number of hydrogen-bond donors (Lipinski definition) is 0. The molecule has 0 saturated heterocycles. The second-order valence-corrected chi connectivity index (χ2v) is 8.32. The predicted octanol–water partition coefficient (Wildman–Crippen LogP) is 3.63. The van der Waals surface area contributed by atoms with Crippen molar-refractivity contribution in [2.75, 3.05) is 0 Å². The first-order valence-electron chi connectivity index (χ1n) is 8.00. The lowest BCUT2D eigenvalue weighted by atomic mass is 10.1. The van der Waals surface area contributed by atoms with Crippen LogP contribution < -0.4 is 0 Å². The average molecular weight is 357 g/mol. The maximum atomic E-state index is 13.7. The first-order chi connectivity index (χ1) is 11.9. The molecule has 2 unspecified atom stereocenters. The van der Waals surface area contributed by atoms with Gasteiger partial charge in [-0.05, 0) is 55.2 Å². The van der Waals surface area contributed by atoms with Crippen LogP contribution >= 0.6 is 0 Å². The van der Waals surface area contributed by atoms with E-state index < -0.39 is 15.8 Å². The van der Waals surface area contributed by atoms with E-state index in [0.29, 0.717) is 22.9 Å². The van der Waals surface area contributed by atoms with E-state index in [1.54, 1.807) is 24.3 Å². The molecule has 0 N–H and O–H groups in total. The minimum absolute atomic E-state index is 0.0451. The van der Waals surface area contributed by atoms with Gasteiger partial charge in [0, 0.05) is 17.5 Å². The van der Waals surface area contributed by atoms with Crippen molar-refractivity contribution >= 4 is 27.2 Å². The Morgan fingerprint density at radius 2 is 1.88 bits per heavy atom. The molecule has 0 amide bonds. The Hall–Kier alpha value is -2.47. The van der Waals surface area contributed by atoms with Gasteiger partial charge in [-0.2, -0.15) is 0 Å². The first-order valence-corrected chi connectivity index (χ1v) is 9.44. The third kappa shape index (κ3) is 2.57. The van der Waals surface area contributed by atoms with E-state index in [0.717, 1.165) is 11.8 Å². The van der Waals surface area contributed by atoms with Crippen molar-refractivity contribution in [3.8, 4) is 0 Å². The largest absolute Gasteiger partial charge is 0.303 e. The zero-order valence-electron chi connectivity index (χ0n) is 13.5. The lowest BCUT2D eigenvalue weighted by molar-refractivity contribution is -0.108. The normalized spacial score (nSPS) is 19.9. The topological polar surface area (TPSA) is 56.1 Å². The first kappa shape index (κ1) is 16.0. The summed E-state index contributed by atoms with van der Waals surface area (Å²) in [4.78, 5) is 11.2. The molecule has 6 heteroatoms. The molecular formula is C19H16FNO3S. The summed E-state index contributed by atoms with van der Waals surface area (Å²) in [5.41, 5.74) is 2.10. The number of aromatic nitrogens is 1. The lowest BCUT2D eigenvalue weighted by Gasteiger charge is -2.08. The summed E-state index contributed by atoms with van der Waals surface area (Å²) in [6.07, 6.45) is 3.08. The van der Waals surface area contributed by atoms with Crippen LogP contribution in [-0.4, -0.2) is 18.7 Å². The van der Waals surface area contributed by atoms with E-state index in [2.05, 4.69) is 0 Å². The van der Waals surface area contributed by atoms with Gasteiger partial charge in [0.25, 0.3) is 10.0 Å². The van der Waals surface area contributed by atoms with Gasteiger partial charge >= 0.3 is 0 Å². The molecule has 4 rings (SSSR count). The number of aryl methyl sites for hydroxylation is 1. The van der Waals surface area contributed by atoms with Gasteiger partial charge in [0.2, 0.25) is 0 Å². The molecule has 0 aliphatic heterocycles. The molecule has 0 radical (unpaired) electrons. The van der Waals surface area contributed by atoms with Crippen molar-refractivity contribution < 1.29 is 17.6 Å². The third-order valence-corrected chi connectivity index (χ3v) is 6.44. The van der Waals surface area contributed by atoms with Gasteiger partial charge in [-0.1, -0.05) is 17.7 Å². The molecule has 1 aliphatic carbocycles. The van der Waals surface area contributed by atoms with Gasteiger partial charge in [0.05, 0.1) is 10.4 Å². The van der Waals surface area contributed by atoms with Gasteiger partial charge < -0.3 is 4.79 Å². The number of carbonyl (C=O) groups excluding carboxylic acids is 1. The zero-order valence-corrected chi connectivity index (χ0v) is 14.3. The Kier molecular flexibility index (Phi) is 3.54. The maximum absolute atomic E-state index is 13.7. The summed E-state index contributed by atoms with van der Waals surface area (Å²) in [7, 11) is -3.80. The van der Waals surface area contributed by atoms with E-state index in [1.165, 1.54) is 28.4 Å². The van der Waals surface area contributed by atoms with Crippen LogP contribution in [0.15, 0.2) is 53.6 Å². The van der Waals surface area contributed by atoms with E-state index in [9.17, 15) is 17.6 Å². The second-order valence-electron chi connectivity index (χ2n) is 6.50. The number of fused-ring (bicyclic) bond motifs is 1. The maximum Gasteiger partial charge on any atom is 0.268 e. The highest BCUT2D eigenvalue weighted by atomic mass is 32.2. The highest BCUT2D eigenvalue weighted by molar-refractivity contribution is 7.90. The van der Waals surface area contributed by atoms with Gasteiger partial charge in [0.1, 0.15) is 12.1 Å². The number of nitrogens with zero attached hydrogens (tertiary/aromatic N) is 1. The number of benzene rings is 2. The number of carbonyl (C=O) groups is 1. The summed E-state index contributed by atoms with van der Waals surface area (Å²) in [5.74, 6) is -0.594. The second kappa shape index (κ2) is 5.52.